The third kappa shape index (κ3) is 15.4. The molecule has 0 aromatic carbocycles. The maximum atomic E-state index is 2.26. The molecule has 0 aliphatic carbocycles. The lowest BCUT2D eigenvalue weighted by molar-refractivity contribution is 0.897. The minimum absolute atomic E-state index is 1.33. The molecule has 0 aliphatic rings. The molecule has 98 valence electrons. The summed E-state index contributed by atoms with van der Waals surface area (Å²) < 4.78 is 0. The average Bonchev–Trinajstić information content (AvgIpc) is 2.31. The molecule has 4 heteroatoms. The molecule has 0 saturated heterocycles. The number of hydrogen-bond donors (Lipinski definition) is 0. The van der Waals surface area contributed by atoms with Gasteiger partial charge in [-0.05, 0) is 25.7 Å². The summed E-state index contributed by atoms with van der Waals surface area (Å²) in [6.07, 6.45) is 8.21. The topological polar surface area (TPSA) is 0 Å². The van der Waals surface area contributed by atoms with Crippen LogP contribution in [-0.4, -0.2) is 23.0 Å². The van der Waals surface area contributed by atoms with Crippen LogP contribution in [-0.2, 0) is 0 Å². The van der Waals surface area contributed by atoms with Crippen molar-refractivity contribution < 1.29 is 0 Å². The van der Waals surface area contributed by atoms with Crippen molar-refractivity contribution in [2.24, 2.45) is 0 Å². The van der Waals surface area contributed by atoms with E-state index in [2.05, 4.69) is 57.0 Å². The lowest BCUT2D eigenvalue weighted by Gasteiger charge is -2.01. The third-order valence-electron chi connectivity index (χ3n) is 2.03. The fourth-order valence-electron chi connectivity index (χ4n) is 0.964. The molecule has 0 aliphatic heterocycles. The quantitative estimate of drug-likeness (QED) is 0.296. The second-order valence-electron chi connectivity index (χ2n) is 3.70. The van der Waals surface area contributed by atoms with Gasteiger partial charge in [-0.25, -0.2) is 0 Å². The Hall–Kier alpha value is 1.40. The molecular formula is C12H26S4. The summed E-state index contributed by atoms with van der Waals surface area (Å²) in [6, 6.07) is 0. The zero-order valence-electron chi connectivity index (χ0n) is 10.7. The summed E-state index contributed by atoms with van der Waals surface area (Å²) in [5.41, 5.74) is 0. The zero-order valence-corrected chi connectivity index (χ0v) is 14.0. The highest BCUT2D eigenvalue weighted by molar-refractivity contribution is 8.77. The second-order valence-corrected chi connectivity index (χ2v) is 9.11. The smallest absolute Gasteiger partial charge is 0.00372 e. The lowest BCUT2D eigenvalue weighted by Crippen LogP contribution is -1.82. The summed E-state index contributed by atoms with van der Waals surface area (Å²) >= 11 is 0. The van der Waals surface area contributed by atoms with Gasteiger partial charge in [0.2, 0.25) is 0 Å². The predicted octanol–water partition coefficient (Wildman–Crippen LogP) is 6.13. The van der Waals surface area contributed by atoms with E-state index in [4.69, 9.17) is 0 Å². The Morgan fingerprint density at radius 3 is 1.12 bits per heavy atom. The Balaban J connectivity index is 2.83. The fourth-order valence-corrected chi connectivity index (χ4v) is 5.72. The van der Waals surface area contributed by atoms with Gasteiger partial charge in [-0.2, -0.15) is 0 Å². The molecule has 0 saturated carbocycles. The van der Waals surface area contributed by atoms with Crippen molar-refractivity contribution in [1.82, 2.24) is 0 Å². The molecule has 0 fully saturated rings. The van der Waals surface area contributed by atoms with E-state index < -0.39 is 0 Å². The van der Waals surface area contributed by atoms with Gasteiger partial charge in [-0.15, -0.1) is 0 Å². The highest BCUT2D eigenvalue weighted by Gasteiger charge is 1.93. The normalized spacial score (nSPS) is 10.9. The molecule has 0 N–H and O–H groups in total. The summed E-state index contributed by atoms with van der Waals surface area (Å²) in [5, 5.41) is 0. The van der Waals surface area contributed by atoms with Gasteiger partial charge in [0.05, 0.1) is 0 Å². The molecule has 0 heterocycles. The van der Waals surface area contributed by atoms with Gasteiger partial charge in [-0.3, -0.25) is 0 Å². The highest BCUT2D eigenvalue weighted by Crippen LogP contribution is 2.26. The molecule has 0 nitrogen and oxygen atoms in total. The Morgan fingerprint density at radius 1 is 0.500 bits per heavy atom. The van der Waals surface area contributed by atoms with Crippen LogP contribution < -0.4 is 0 Å². The van der Waals surface area contributed by atoms with Crippen molar-refractivity contribution in [2.45, 2.75) is 52.4 Å². The fraction of sp³-hybridized carbons (Fsp3) is 1.00. The number of rotatable bonds is 13. The monoisotopic (exact) mass is 298 g/mol. The SMILES string of the molecule is CCCCSSCCCCSSCCCC. The van der Waals surface area contributed by atoms with Gasteiger partial charge in [0.25, 0.3) is 0 Å². The van der Waals surface area contributed by atoms with Crippen LogP contribution in [0.5, 0.6) is 0 Å². The molecular weight excluding hydrogens is 272 g/mol. The number of hydrogen-bond acceptors (Lipinski definition) is 4. The Labute approximate surface area is 118 Å². The summed E-state index contributed by atoms with van der Waals surface area (Å²) in [5.74, 6) is 5.36. The van der Waals surface area contributed by atoms with E-state index in [0.29, 0.717) is 0 Å². The molecule has 0 radical (unpaired) electrons. The summed E-state index contributed by atoms with van der Waals surface area (Å²) in [7, 11) is 8.25. The van der Waals surface area contributed by atoms with Crippen LogP contribution in [0.2, 0.25) is 0 Å². The molecule has 0 rings (SSSR count). The van der Waals surface area contributed by atoms with Gasteiger partial charge < -0.3 is 0 Å². The first kappa shape index (κ1) is 17.4. The maximum absolute atomic E-state index is 2.26. The van der Waals surface area contributed by atoms with Gasteiger partial charge >= 0.3 is 0 Å². The lowest BCUT2D eigenvalue weighted by atomic mass is 10.4. The predicted molar refractivity (Wildman–Crippen MR) is 88.9 cm³/mol. The minimum atomic E-state index is 1.33. The van der Waals surface area contributed by atoms with Crippen LogP contribution in [0.1, 0.15) is 52.4 Å². The molecule has 0 bridgehead atoms. The molecule has 0 unspecified atom stereocenters. The molecule has 16 heavy (non-hydrogen) atoms. The van der Waals surface area contributed by atoms with E-state index in [9.17, 15) is 0 Å². The van der Waals surface area contributed by atoms with E-state index in [1.165, 1.54) is 61.5 Å². The minimum Gasteiger partial charge on any atom is -0.0942 e. The van der Waals surface area contributed by atoms with Crippen LogP contribution in [0.25, 0.3) is 0 Å². The Kier molecular flexibility index (Phi) is 17.8. The van der Waals surface area contributed by atoms with Crippen molar-refractivity contribution in [3.63, 3.8) is 0 Å². The first-order valence-electron chi connectivity index (χ1n) is 6.40. The van der Waals surface area contributed by atoms with Gasteiger partial charge in [0.15, 0.2) is 0 Å². The molecule has 0 atom stereocenters. The van der Waals surface area contributed by atoms with Gasteiger partial charge in [0.1, 0.15) is 0 Å². The van der Waals surface area contributed by atoms with Crippen molar-refractivity contribution in [2.75, 3.05) is 23.0 Å². The van der Waals surface area contributed by atoms with Crippen LogP contribution in [0.15, 0.2) is 0 Å². The van der Waals surface area contributed by atoms with Gasteiger partial charge in [0, 0.05) is 23.0 Å². The largest absolute Gasteiger partial charge is 0.0942 e. The van der Waals surface area contributed by atoms with E-state index in [-0.39, 0.29) is 0 Å². The van der Waals surface area contributed by atoms with E-state index in [0.717, 1.165) is 0 Å². The van der Waals surface area contributed by atoms with Crippen LogP contribution in [0.4, 0.5) is 0 Å². The third-order valence-corrected chi connectivity index (χ3v) is 7.19. The molecule has 0 aromatic rings. The first-order valence-corrected chi connectivity index (χ1v) is 11.4. The first-order chi connectivity index (χ1) is 7.91. The summed E-state index contributed by atoms with van der Waals surface area (Å²) in [6.45, 7) is 4.53. The summed E-state index contributed by atoms with van der Waals surface area (Å²) in [4.78, 5) is 0. The van der Waals surface area contributed by atoms with Crippen molar-refractivity contribution in [3.05, 3.63) is 0 Å². The van der Waals surface area contributed by atoms with Crippen molar-refractivity contribution >= 4 is 43.2 Å². The maximum Gasteiger partial charge on any atom is 0.00372 e. The highest BCUT2D eigenvalue weighted by atomic mass is 33.1. The van der Waals surface area contributed by atoms with Crippen molar-refractivity contribution in [1.29, 1.82) is 0 Å². The second kappa shape index (κ2) is 16.4. The number of unbranched alkanes of at least 4 members (excludes halogenated alkanes) is 3. The molecule has 0 aromatic heterocycles. The standard InChI is InChI=1S/C12H26S4/c1-3-5-9-13-15-11-7-8-12-16-14-10-6-4-2/h3-12H2,1-2H3. The molecule has 0 spiro atoms. The zero-order chi connectivity index (χ0) is 11.9. The Bertz CT molecular complexity index is 106. The van der Waals surface area contributed by atoms with Crippen molar-refractivity contribution in [3.8, 4) is 0 Å². The van der Waals surface area contributed by atoms with Gasteiger partial charge in [-0.1, -0.05) is 69.9 Å². The molecule has 0 amide bonds. The van der Waals surface area contributed by atoms with Crippen LogP contribution >= 0.6 is 43.2 Å². The Morgan fingerprint density at radius 2 is 0.812 bits per heavy atom. The van der Waals surface area contributed by atoms with Crippen LogP contribution in [0.3, 0.4) is 0 Å². The van der Waals surface area contributed by atoms with E-state index in [1.807, 2.05) is 0 Å². The van der Waals surface area contributed by atoms with Crippen LogP contribution in [0, 0.1) is 0 Å². The average molecular weight is 299 g/mol. The van der Waals surface area contributed by atoms with E-state index in [1.54, 1.807) is 0 Å². The van der Waals surface area contributed by atoms with E-state index >= 15 is 0 Å².